The molecule has 0 saturated carbocycles. The van der Waals surface area contributed by atoms with Crippen LogP contribution in [0.5, 0.6) is 0 Å². The van der Waals surface area contributed by atoms with Gasteiger partial charge in [-0.15, -0.1) is 0 Å². The SMILES string of the molecule is CCCS(=O)(=O)N1CCC2(CC1)[C@H]1CN(c3ncccn3)C[C@H]1C(=O)N2C. The zero-order chi connectivity index (χ0) is 19.2. The average Bonchev–Trinajstić information content (AvgIpc) is 3.19. The third-order valence-corrected chi connectivity index (χ3v) is 8.68. The Bertz CT molecular complexity index is 808. The molecule has 0 N–H and O–H groups in total. The van der Waals surface area contributed by atoms with Gasteiger partial charge in [0.1, 0.15) is 0 Å². The minimum Gasteiger partial charge on any atom is -0.340 e. The van der Waals surface area contributed by atoms with Crippen molar-refractivity contribution in [3.05, 3.63) is 18.5 Å². The van der Waals surface area contributed by atoms with Gasteiger partial charge in [0.15, 0.2) is 0 Å². The molecule has 0 unspecified atom stereocenters. The molecule has 3 aliphatic heterocycles. The first-order chi connectivity index (χ1) is 12.9. The van der Waals surface area contributed by atoms with E-state index < -0.39 is 10.0 Å². The summed E-state index contributed by atoms with van der Waals surface area (Å²) in [7, 11) is -1.30. The highest BCUT2D eigenvalue weighted by atomic mass is 32.2. The number of anilines is 1. The Morgan fingerprint density at radius 2 is 1.85 bits per heavy atom. The Hall–Kier alpha value is -1.74. The van der Waals surface area contributed by atoms with Gasteiger partial charge in [0.05, 0.1) is 17.2 Å². The molecule has 0 aliphatic carbocycles. The van der Waals surface area contributed by atoms with E-state index in [4.69, 9.17) is 0 Å². The molecule has 4 heterocycles. The number of hydrogen-bond acceptors (Lipinski definition) is 6. The van der Waals surface area contributed by atoms with E-state index in [9.17, 15) is 13.2 Å². The summed E-state index contributed by atoms with van der Waals surface area (Å²) in [5.41, 5.74) is -0.260. The standard InChI is InChI=1S/C18H27N5O3S/c1-3-11-27(25,26)23-9-5-18(6-10-23)15-13-22(17-19-7-4-8-20-17)12-14(15)16(24)21(18)2/h4,7-8,14-15H,3,5-6,9-13H2,1-2H3/t14-,15+/m1/s1. The number of carbonyl (C=O) groups is 1. The van der Waals surface area contributed by atoms with Gasteiger partial charge in [0.25, 0.3) is 0 Å². The Labute approximate surface area is 160 Å². The molecule has 9 heteroatoms. The van der Waals surface area contributed by atoms with Crippen LogP contribution in [0.15, 0.2) is 18.5 Å². The molecule has 148 valence electrons. The number of hydrogen-bond donors (Lipinski definition) is 0. The molecule has 1 aromatic heterocycles. The smallest absolute Gasteiger partial charge is 0.228 e. The number of sulfonamides is 1. The maximum Gasteiger partial charge on any atom is 0.228 e. The van der Waals surface area contributed by atoms with Gasteiger partial charge in [0, 0.05) is 51.5 Å². The van der Waals surface area contributed by atoms with E-state index in [1.165, 1.54) is 0 Å². The van der Waals surface area contributed by atoms with Crippen LogP contribution < -0.4 is 4.90 Å². The first kappa shape index (κ1) is 18.6. The fourth-order valence-corrected chi connectivity index (χ4v) is 6.69. The van der Waals surface area contributed by atoms with Gasteiger partial charge in [-0.1, -0.05) is 6.92 Å². The van der Waals surface area contributed by atoms with Crippen LogP contribution in [0.1, 0.15) is 26.2 Å². The van der Waals surface area contributed by atoms with Crippen LogP contribution >= 0.6 is 0 Å². The van der Waals surface area contributed by atoms with E-state index in [2.05, 4.69) is 14.9 Å². The fourth-order valence-electron chi connectivity index (χ4n) is 5.18. The summed E-state index contributed by atoms with van der Waals surface area (Å²) >= 11 is 0. The van der Waals surface area contributed by atoms with Crippen LogP contribution in [0.3, 0.4) is 0 Å². The van der Waals surface area contributed by atoms with Crippen molar-refractivity contribution in [1.82, 2.24) is 19.2 Å². The van der Waals surface area contributed by atoms with Crippen molar-refractivity contribution < 1.29 is 13.2 Å². The molecule has 27 heavy (non-hydrogen) atoms. The summed E-state index contributed by atoms with van der Waals surface area (Å²) < 4.78 is 26.5. The Balaban J connectivity index is 1.54. The van der Waals surface area contributed by atoms with Crippen molar-refractivity contribution in [2.45, 2.75) is 31.7 Å². The second kappa shape index (κ2) is 6.70. The highest BCUT2D eigenvalue weighted by Gasteiger charge is 2.61. The summed E-state index contributed by atoms with van der Waals surface area (Å²) in [4.78, 5) is 25.6. The van der Waals surface area contributed by atoms with Gasteiger partial charge in [-0.05, 0) is 25.3 Å². The van der Waals surface area contributed by atoms with Gasteiger partial charge in [0.2, 0.25) is 21.9 Å². The summed E-state index contributed by atoms with van der Waals surface area (Å²) in [5, 5.41) is 0. The molecule has 3 fully saturated rings. The van der Waals surface area contributed by atoms with E-state index in [0.29, 0.717) is 44.8 Å². The number of aromatic nitrogens is 2. The van der Waals surface area contributed by atoms with E-state index in [0.717, 1.165) is 6.54 Å². The molecule has 0 bridgehead atoms. The topological polar surface area (TPSA) is 86.7 Å². The monoisotopic (exact) mass is 393 g/mol. The lowest BCUT2D eigenvalue weighted by atomic mass is 9.75. The van der Waals surface area contributed by atoms with Gasteiger partial charge >= 0.3 is 0 Å². The number of likely N-dealkylation sites (tertiary alicyclic amines) is 1. The molecule has 3 saturated heterocycles. The summed E-state index contributed by atoms with van der Waals surface area (Å²) in [5.74, 6) is 1.16. The lowest BCUT2D eigenvalue weighted by molar-refractivity contribution is -0.132. The molecule has 4 rings (SSSR count). The molecule has 0 radical (unpaired) electrons. The number of fused-ring (bicyclic) bond motifs is 2. The molecule has 3 aliphatic rings. The molecular formula is C18H27N5O3S. The lowest BCUT2D eigenvalue weighted by Gasteiger charge is -2.46. The number of amides is 1. The predicted molar refractivity (Wildman–Crippen MR) is 102 cm³/mol. The number of piperidine rings is 1. The van der Waals surface area contributed by atoms with Crippen LogP contribution in [-0.4, -0.2) is 78.0 Å². The molecule has 1 aromatic rings. The van der Waals surface area contributed by atoms with Crippen LogP contribution in [-0.2, 0) is 14.8 Å². The van der Waals surface area contributed by atoms with Crippen molar-refractivity contribution in [3.63, 3.8) is 0 Å². The van der Waals surface area contributed by atoms with Crippen LogP contribution in [0.25, 0.3) is 0 Å². The molecule has 8 nitrogen and oxygen atoms in total. The lowest BCUT2D eigenvalue weighted by Crippen LogP contribution is -2.56. The summed E-state index contributed by atoms with van der Waals surface area (Å²) in [6.45, 7) is 4.25. The first-order valence-corrected chi connectivity index (χ1v) is 11.3. The second-order valence-corrected chi connectivity index (χ2v) is 9.97. The van der Waals surface area contributed by atoms with Crippen LogP contribution in [0.4, 0.5) is 5.95 Å². The van der Waals surface area contributed by atoms with E-state index in [1.54, 1.807) is 22.8 Å². The van der Waals surface area contributed by atoms with Gasteiger partial charge in [-0.25, -0.2) is 22.7 Å². The average molecular weight is 394 g/mol. The highest BCUT2D eigenvalue weighted by molar-refractivity contribution is 7.89. The molecule has 0 aromatic carbocycles. The summed E-state index contributed by atoms with van der Waals surface area (Å²) in [6.07, 6.45) is 5.46. The number of nitrogens with zero attached hydrogens (tertiary/aromatic N) is 5. The zero-order valence-electron chi connectivity index (χ0n) is 15.9. The second-order valence-electron chi connectivity index (χ2n) is 7.88. The first-order valence-electron chi connectivity index (χ1n) is 9.66. The van der Waals surface area contributed by atoms with Crippen molar-refractivity contribution in [2.75, 3.05) is 43.9 Å². The highest BCUT2D eigenvalue weighted by Crippen LogP contribution is 2.49. The minimum atomic E-state index is -3.19. The van der Waals surface area contributed by atoms with Crippen molar-refractivity contribution >= 4 is 21.9 Å². The van der Waals surface area contributed by atoms with Crippen LogP contribution in [0.2, 0.25) is 0 Å². The fraction of sp³-hybridized carbons (Fsp3) is 0.722. The normalized spacial score (nSPS) is 28.1. The molecule has 2 atom stereocenters. The van der Waals surface area contributed by atoms with Gasteiger partial charge < -0.3 is 9.80 Å². The van der Waals surface area contributed by atoms with Crippen molar-refractivity contribution in [2.24, 2.45) is 11.8 Å². The van der Waals surface area contributed by atoms with Crippen LogP contribution in [0, 0.1) is 11.8 Å². The Morgan fingerprint density at radius 3 is 2.48 bits per heavy atom. The van der Waals surface area contributed by atoms with E-state index >= 15 is 0 Å². The van der Waals surface area contributed by atoms with Gasteiger partial charge in [-0.2, -0.15) is 0 Å². The van der Waals surface area contributed by atoms with E-state index in [1.807, 2.05) is 18.9 Å². The van der Waals surface area contributed by atoms with Gasteiger partial charge in [-0.3, -0.25) is 4.79 Å². The largest absolute Gasteiger partial charge is 0.340 e. The Morgan fingerprint density at radius 1 is 1.19 bits per heavy atom. The summed E-state index contributed by atoms with van der Waals surface area (Å²) in [6, 6.07) is 1.79. The number of carbonyl (C=O) groups excluding carboxylic acids is 1. The zero-order valence-corrected chi connectivity index (χ0v) is 16.7. The maximum atomic E-state index is 12.9. The Kier molecular flexibility index (Phi) is 4.62. The number of rotatable bonds is 4. The van der Waals surface area contributed by atoms with Crippen molar-refractivity contribution in [3.8, 4) is 0 Å². The molecule has 1 spiro atoms. The minimum absolute atomic E-state index is 0.0578. The third kappa shape index (κ3) is 2.91. The third-order valence-electron chi connectivity index (χ3n) is 6.60. The molecule has 1 amide bonds. The quantitative estimate of drug-likeness (QED) is 0.744. The maximum absolute atomic E-state index is 12.9. The molecular weight excluding hydrogens is 366 g/mol. The predicted octanol–water partition coefficient (Wildman–Crippen LogP) is 0.575. The van der Waals surface area contributed by atoms with E-state index in [-0.39, 0.29) is 29.0 Å². The van der Waals surface area contributed by atoms with Crippen molar-refractivity contribution in [1.29, 1.82) is 0 Å².